The summed E-state index contributed by atoms with van der Waals surface area (Å²) in [5.74, 6) is 1.62. The Hall–Kier alpha value is -2.24. The lowest BCUT2D eigenvalue weighted by atomic mass is 10.2. The second-order valence-corrected chi connectivity index (χ2v) is 4.72. The highest BCUT2D eigenvalue weighted by atomic mass is 16.7. The zero-order valence-corrected chi connectivity index (χ0v) is 11.3. The molecule has 0 aliphatic carbocycles. The molecule has 1 aliphatic heterocycles. The number of carboxylic acid groups (broad SMARTS) is 1. The number of carboxylic acids is 1. The Morgan fingerprint density at radius 2 is 2.15 bits per heavy atom. The molecule has 1 aromatic heterocycles. The van der Waals surface area contributed by atoms with E-state index in [0.717, 1.165) is 34.8 Å². The first-order valence-corrected chi connectivity index (χ1v) is 6.69. The van der Waals surface area contributed by atoms with Gasteiger partial charge in [0.2, 0.25) is 6.79 Å². The maximum absolute atomic E-state index is 10.6. The van der Waals surface area contributed by atoms with E-state index in [1.165, 1.54) is 0 Å². The second-order valence-electron chi connectivity index (χ2n) is 4.72. The number of carbonyl (C=O) groups is 1. The van der Waals surface area contributed by atoms with Crippen LogP contribution in [-0.2, 0) is 17.8 Å². The highest BCUT2D eigenvalue weighted by molar-refractivity contribution is 5.81. The topological polar surface area (TPSA) is 73.6 Å². The lowest BCUT2D eigenvalue weighted by Gasteiger charge is -2.07. The Bertz CT molecular complexity index is 663. The van der Waals surface area contributed by atoms with Gasteiger partial charge in [-0.3, -0.25) is 4.79 Å². The second kappa shape index (κ2) is 5.03. The van der Waals surface area contributed by atoms with Crippen molar-refractivity contribution < 1.29 is 19.4 Å². The zero-order chi connectivity index (χ0) is 14.1. The number of aliphatic carboxylic acids is 1. The van der Waals surface area contributed by atoms with E-state index in [1.54, 1.807) is 0 Å². The van der Waals surface area contributed by atoms with Crippen LogP contribution in [0.3, 0.4) is 0 Å². The third kappa shape index (κ3) is 2.17. The van der Waals surface area contributed by atoms with Crippen LogP contribution in [0.4, 0.5) is 0 Å². The van der Waals surface area contributed by atoms with E-state index in [0.29, 0.717) is 13.0 Å². The van der Waals surface area contributed by atoms with Crippen LogP contribution in [0.2, 0.25) is 0 Å². The number of hydrogen-bond donors (Lipinski definition) is 1. The summed E-state index contributed by atoms with van der Waals surface area (Å²) in [7, 11) is 0. The molecule has 0 fully saturated rings. The van der Waals surface area contributed by atoms with Crippen molar-refractivity contribution in [2.24, 2.45) is 0 Å². The van der Waals surface area contributed by atoms with E-state index in [-0.39, 0.29) is 13.2 Å². The third-order valence-electron chi connectivity index (χ3n) is 3.41. The minimum Gasteiger partial charge on any atom is -0.481 e. The fourth-order valence-corrected chi connectivity index (χ4v) is 2.47. The molecule has 1 N–H and O–H groups in total. The maximum Gasteiger partial charge on any atom is 0.303 e. The summed E-state index contributed by atoms with van der Waals surface area (Å²) in [6.45, 7) is 2.92. The normalized spacial score (nSPS) is 13.1. The summed E-state index contributed by atoms with van der Waals surface area (Å²) in [6, 6.07) is 3.80. The van der Waals surface area contributed by atoms with Crippen molar-refractivity contribution in [1.29, 1.82) is 0 Å². The molecule has 0 bridgehead atoms. The first-order valence-electron chi connectivity index (χ1n) is 6.69. The molecule has 0 saturated heterocycles. The smallest absolute Gasteiger partial charge is 0.303 e. The van der Waals surface area contributed by atoms with Gasteiger partial charge in [-0.15, -0.1) is 0 Å². The van der Waals surface area contributed by atoms with Crippen LogP contribution < -0.4 is 9.47 Å². The minimum absolute atomic E-state index is 0.160. The van der Waals surface area contributed by atoms with Crippen LogP contribution in [0.15, 0.2) is 12.1 Å². The molecule has 2 aromatic rings. The number of aromatic nitrogens is 2. The SMILES string of the molecule is CCc1nc2cc3c(cc2n1CCCC(=O)O)OCO3. The van der Waals surface area contributed by atoms with Gasteiger partial charge in [0.25, 0.3) is 0 Å². The summed E-state index contributed by atoms with van der Waals surface area (Å²) in [5.41, 5.74) is 1.83. The number of rotatable bonds is 5. The van der Waals surface area contributed by atoms with Crippen molar-refractivity contribution in [1.82, 2.24) is 9.55 Å². The van der Waals surface area contributed by atoms with E-state index >= 15 is 0 Å². The maximum atomic E-state index is 10.6. The van der Waals surface area contributed by atoms with E-state index < -0.39 is 5.97 Å². The van der Waals surface area contributed by atoms with E-state index in [2.05, 4.69) is 9.55 Å². The molecule has 106 valence electrons. The number of ether oxygens (including phenoxy) is 2. The zero-order valence-electron chi connectivity index (χ0n) is 11.3. The van der Waals surface area contributed by atoms with Crippen molar-refractivity contribution >= 4 is 17.0 Å². The van der Waals surface area contributed by atoms with Gasteiger partial charge in [-0.1, -0.05) is 6.92 Å². The lowest BCUT2D eigenvalue weighted by molar-refractivity contribution is -0.137. The van der Waals surface area contributed by atoms with Gasteiger partial charge in [-0.25, -0.2) is 4.98 Å². The Morgan fingerprint density at radius 1 is 1.40 bits per heavy atom. The number of hydrogen-bond acceptors (Lipinski definition) is 4. The molecule has 0 radical (unpaired) electrons. The first-order chi connectivity index (χ1) is 9.69. The van der Waals surface area contributed by atoms with Crippen LogP contribution in [0.5, 0.6) is 11.5 Å². The van der Waals surface area contributed by atoms with Gasteiger partial charge in [0.1, 0.15) is 5.82 Å². The van der Waals surface area contributed by atoms with Gasteiger partial charge in [-0.05, 0) is 6.42 Å². The van der Waals surface area contributed by atoms with E-state index in [1.807, 2.05) is 19.1 Å². The third-order valence-corrected chi connectivity index (χ3v) is 3.41. The quantitative estimate of drug-likeness (QED) is 0.906. The molecule has 3 rings (SSSR count). The molecule has 1 aliphatic rings. The minimum atomic E-state index is -0.773. The molecule has 0 amide bonds. The van der Waals surface area contributed by atoms with Gasteiger partial charge in [-0.2, -0.15) is 0 Å². The van der Waals surface area contributed by atoms with Crippen LogP contribution in [-0.4, -0.2) is 27.4 Å². The molecule has 6 heteroatoms. The average Bonchev–Trinajstić information content (AvgIpc) is 2.99. The number of nitrogens with zero attached hydrogens (tertiary/aromatic N) is 2. The van der Waals surface area contributed by atoms with Crippen molar-refractivity contribution in [2.75, 3.05) is 6.79 Å². The summed E-state index contributed by atoms with van der Waals surface area (Å²) < 4.78 is 12.8. The summed E-state index contributed by atoms with van der Waals surface area (Å²) in [6.07, 6.45) is 1.55. The highest BCUT2D eigenvalue weighted by Crippen LogP contribution is 2.36. The number of benzene rings is 1. The standard InChI is InChI=1S/C14H16N2O4/c1-2-13-15-9-6-11-12(20-8-19-11)7-10(9)16(13)5-3-4-14(17)18/h6-7H,2-5,8H2,1H3,(H,17,18). The summed E-state index contributed by atoms with van der Waals surface area (Å²) >= 11 is 0. The van der Waals surface area contributed by atoms with Crippen molar-refractivity contribution in [3.05, 3.63) is 18.0 Å². The highest BCUT2D eigenvalue weighted by Gasteiger charge is 2.18. The van der Waals surface area contributed by atoms with Crippen molar-refractivity contribution in [3.8, 4) is 11.5 Å². The molecule has 2 heterocycles. The molecule has 0 saturated carbocycles. The van der Waals surface area contributed by atoms with Crippen LogP contribution in [0.25, 0.3) is 11.0 Å². The van der Waals surface area contributed by atoms with Gasteiger partial charge in [0.15, 0.2) is 11.5 Å². The summed E-state index contributed by atoms with van der Waals surface area (Å²) in [4.78, 5) is 15.2. The van der Waals surface area contributed by atoms with Crippen molar-refractivity contribution in [3.63, 3.8) is 0 Å². The van der Waals surface area contributed by atoms with Crippen LogP contribution in [0.1, 0.15) is 25.6 Å². The summed E-state index contributed by atoms with van der Waals surface area (Å²) in [5, 5.41) is 8.75. The first kappa shape index (κ1) is 12.8. The fraction of sp³-hybridized carbons (Fsp3) is 0.429. The predicted molar refractivity (Wildman–Crippen MR) is 72.1 cm³/mol. The van der Waals surface area contributed by atoms with E-state index in [9.17, 15) is 4.79 Å². The van der Waals surface area contributed by atoms with Crippen LogP contribution in [0, 0.1) is 0 Å². The Labute approximate surface area is 115 Å². The van der Waals surface area contributed by atoms with Gasteiger partial charge in [0, 0.05) is 31.5 Å². The Balaban J connectivity index is 1.97. The molecule has 6 nitrogen and oxygen atoms in total. The average molecular weight is 276 g/mol. The molecule has 0 atom stereocenters. The predicted octanol–water partition coefficient (Wildman–Crippen LogP) is 2.19. The van der Waals surface area contributed by atoms with Gasteiger partial charge >= 0.3 is 5.97 Å². The van der Waals surface area contributed by atoms with Crippen LogP contribution >= 0.6 is 0 Å². The monoisotopic (exact) mass is 276 g/mol. The van der Waals surface area contributed by atoms with Gasteiger partial charge < -0.3 is 19.1 Å². The molecule has 0 spiro atoms. The Morgan fingerprint density at radius 3 is 2.85 bits per heavy atom. The fourth-order valence-electron chi connectivity index (χ4n) is 2.47. The number of aryl methyl sites for hydroxylation is 2. The number of fused-ring (bicyclic) bond motifs is 2. The molecular formula is C14H16N2O4. The molecule has 0 unspecified atom stereocenters. The largest absolute Gasteiger partial charge is 0.481 e. The molecule has 20 heavy (non-hydrogen) atoms. The van der Waals surface area contributed by atoms with Crippen molar-refractivity contribution in [2.45, 2.75) is 32.7 Å². The van der Waals surface area contributed by atoms with E-state index in [4.69, 9.17) is 14.6 Å². The van der Waals surface area contributed by atoms with Gasteiger partial charge in [0.05, 0.1) is 11.0 Å². The number of imidazole rings is 1. The molecule has 1 aromatic carbocycles. The Kier molecular flexibility index (Phi) is 3.22. The lowest BCUT2D eigenvalue weighted by Crippen LogP contribution is -2.05. The molecular weight excluding hydrogens is 260 g/mol.